The molecule has 0 radical (unpaired) electrons. The largest absolute Gasteiger partial charge is 0.351 e. The summed E-state index contributed by atoms with van der Waals surface area (Å²) in [6.07, 6.45) is 4.98. The molecule has 3 rings (SSSR count). The predicted molar refractivity (Wildman–Crippen MR) is 95.5 cm³/mol. The summed E-state index contributed by atoms with van der Waals surface area (Å²) in [5.41, 5.74) is 6.75. The predicted octanol–water partition coefficient (Wildman–Crippen LogP) is 4.05. The fourth-order valence-electron chi connectivity index (χ4n) is 2.64. The Hall–Kier alpha value is -2.20. The second-order valence-corrected chi connectivity index (χ2v) is 6.16. The average Bonchev–Trinajstić information content (AvgIpc) is 2.63. The van der Waals surface area contributed by atoms with E-state index in [1.165, 1.54) is 0 Å². The lowest BCUT2D eigenvalue weighted by Gasteiger charge is -2.34. The number of allylic oxidation sites excluding steroid dienone is 2. The number of halogens is 1. The van der Waals surface area contributed by atoms with E-state index in [-0.39, 0.29) is 5.78 Å². The van der Waals surface area contributed by atoms with E-state index in [1.807, 2.05) is 48.5 Å². The highest BCUT2D eigenvalue weighted by Gasteiger charge is 2.40. The fourth-order valence-corrected chi connectivity index (χ4v) is 2.83. The third-order valence-electron chi connectivity index (χ3n) is 3.99. The van der Waals surface area contributed by atoms with Crippen molar-refractivity contribution in [3.63, 3.8) is 0 Å². The molecule has 1 aliphatic carbocycles. The number of rotatable bonds is 5. The zero-order valence-electron chi connectivity index (χ0n) is 13.1. The van der Waals surface area contributed by atoms with Gasteiger partial charge in [-0.25, -0.2) is 0 Å². The van der Waals surface area contributed by atoms with E-state index in [0.717, 1.165) is 5.56 Å². The fraction of sp³-hybridized carbons (Fsp3) is 0.150. The highest BCUT2D eigenvalue weighted by molar-refractivity contribution is 6.31. The summed E-state index contributed by atoms with van der Waals surface area (Å²) in [6.45, 7) is 0.311. The Morgan fingerprint density at radius 2 is 1.71 bits per heavy atom. The van der Waals surface area contributed by atoms with Gasteiger partial charge in [0.2, 0.25) is 0 Å². The van der Waals surface area contributed by atoms with Crippen LogP contribution in [0.25, 0.3) is 0 Å². The number of carbonyl (C=O) groups excluding carboxylic acids is 1. The average molecular weight is 340 g/mol. The van der Waals surface area contributed by atoms with Gasteiger partial charge in [-0.2, -0.15) is 0 Å². The number of benzene rings is 2. The lowest BCUT2D eigenvalue weighted by molar-refractivity contribution is -0.0384. The maximum absolute atomic E-state index is 12.9. The van der Waals surface area contributed by atoms with Gasteiger partial charge < -0.3 is 4.74 Å². The minimum absolute atomic E-state index is 0.117. The number of carbonyl (C=O) groups is 1. The van der Waals surface area contributed by atoms with Gasteiger partial charge in [0.25, 0.3) is 0 Å². The lowest BCUT2D eigenvalue weighted by Crippen LogP contribution is -2.51. The van der Waals surface area contributed by atoms with Crippen molar-refractivity contribution in [1.82, 2.24) is 0 Å². The van der Waals surface area contributed by atoms with Gasteiger partial charge in [0.15, 0.2) is 5.78 Å². The van der Waals surface area contributed by atoms with Crippen molar-refractivity contribution in [3.05, 3.63) is 95.1 Å². The van der Waals surface area contributed by atoms with Crippen molar-refractivity contribution < 1.29 is 9.53 Å². The molecule has 0 aromatic heterocycles. The van der Waals surface area contributed by atoms with Crippen molar-refractivity contribution >= 4 is 17.4 Å². The lowest BCUT2D eigenvalue weighted by atomic mass is 9.85. The van der Waals surface area contributed by atoms with E-state index in [0.29, 0.717) is 17.2 Å². The number of Topliss-reactive ketones (excluding diaryl/α,β-unsaturated/α-hetero) is 1. The molecule has 2 unspecified atom stereocenters. The summed E-state index contributed by atoms with van der Waals surface area (Å²) in [4.78, 5) is 12.9. The van der Waals surface area contributed by atoms with Crippen LogP contribution in [-0.4, -0.2) is 11.5 Å². The Morgan fingerprint density at radius 3 is 2.38 bits per heavy atom. The number of ether oxygens (including phenoxy) is 1. The summed E-state index contributed by atoms with van der Waals surface area (Å²) in [5, 5.41) is 0.480. The molecule has 1 aliphatic rings. The molecule has 2 aromatic carbocycles. The van der Waals surface area contributed by atoms with Crippen molar-refractivity contribution in [1.29, 1.82) is 0 Å². The van der Waals surface area contributed by atoms with Crippen LogP contribution in [0.4, 0.5) is 0 Å². The van der Waals surface area contributed by atoms with E-state index in [4.69, 9.17) is 22.1 Å². The molecule has 0 bridgehead atoms. The van der Waals surface area contributed by atoms with E-state index < -0.39 is 11.6 Å². The van der Waals surface area contributed by atoms with E-state index in [2.05, 4.69) is 0 Å². The molecule has 2 N–H and O–H groups in total. The Bertz CT molecular complexity index is 771. The monoisotopic (exact) mass is 339 g/mol. The van der Waals surface area contributed by atoms with Crippen molar-refractivity contribution in [2.45, 2.75) is 12.3 Å². The zero-order valence-corrected chi connectivity index (χ0v) is 13.8. The Kier molecular flexibility index (Phi) is 4.95. The standard InChI is InChI=1S/C20H18ClNO2/c21-17-11-12-20(22,24-14-15-7-3-1-4-8-15)18(13-17)19(23)16-9-5-2-6-10-16/h1-13,18H,14,22H2. The quantitative estimate of drug-likeness (QED) is 0.660. The first kappa shape index (κ1) is 16.7. The van der Waals surface area contributed by atoms with Crippen molar-refractivity contribution in [2.75, 3.05) is 0 Å². The molecule has 0 aliphatic heterocycles. The van der Waals surface area contributed by atoms with Gasteiger partial charge in [-0.15, -0.1) is 0 Å². The Morgan fingerprint density at radius 1 is 1.08 bits per heavy atom. The molecular weight excluding hydrogens is 322 g/mol. The van der Waals surface area contributed by atoms with Crippen LogP contribution in [-0.2, 0) is 11.3 Å². The van der Waals surface area contributed by atoms with E-state index >= 15 is 0 Å². The zero-order chi connectivity index (χ0) is 17.0. The summed E-state index contributed by atoms with van der Waals surface area (Å²) in [7, 11) is 0. The highest BCUT2D eigenvalue weighted by atomic mass is 35.5. The summed E-state index contributed by atoms with van der Waals surface area (Å²) < 4.78 is 5.93. The molecule has 2 aromatic rings. The van der Waals surface area contributed by atoms with Crippen LogP contribution in [0, 0.1) is 5.92 Å². The van der Waals surface area contributed by atoms with Gasteiger partial charge in [0, 0.05) is 10.6 Å². The van der Waals surface area contributed by atoms with Crippen molar-refractivity contribution in [3.8, 4) is 0 Å². The number of hydrogen-bond donors (Lipinski definition) is 1. The Labute approximate surface area is 146 Å². The van der Waals surface area contributed by atoms with Gasteiger partial charge in [0.05, 0.1) is 12.5 Å². The maximum atomic E-state index is 12.9. The second kappa shape index (κ2) is 7.14. The van der Waals surface area contributed by atoms with E-state index in [9.17, 15) is 4.79 Å². The molecule has 0 saturated carbocycles. The number of hydrogen-bond acceptors (Lipinski definition) is 3. The van der Waals surface area contributed by atoms with Gasteiger partial charge in [0.1, 0.15) is 5.72 Å². The minimum Gasteiger partial charge on any atom is -0.351 e. The molecular formula is C20H18ClNO2. The molecule has 0 amide bonds. The number of nitrogens with two attached hydrogens (primary N) is 1. The third kappa shape index (κ3) is 3.65. The maximum Gasteiger partial charge on any atom is 0.174 e. The van der Waals surface area contributed by atoms with Crippen LogP contribution in [0.3, 0.4) is 0 Å². The van der Waals surface area contributed by atoms with Crippen molar-refractivity contribution in [2.24, 2.45) is 11.7 Å². The first-order valence-electron chi connectivity index (χ1n) is 7.71. The SMILES string of the molecule is NC1(OCc2ccccc2)C=CC(Cl)=CC1C(=O)c1ccccc1. The molecule has 0 spiro atoms. The molecule has 0 heterocycles. The van der Waals surface area contributed by atoms with Crippen LogP contribution in [0.15, 0.2) is 83.9 Å². The van der Waals surface area contributed by atoms with Gasteiger partial charge in [-0.05, 0) is 17.7 Å². The molecule has 122 valence electrons. The summed E-state index contributed by atoms with van der Waals surface area (Å²) in [5.74, 6) is -0.797. The van der Waals surface area contributed by atoms with Crippen LogP contribution in [0.2, 0.25) is 0 Å². The molecule has 3 nitrogen and oxygen atoms in total. The number of ketones is 1. The van der Waals surface area contributed by atoms with E-state index in [1.54, 1.807) is 30.4 Å². The molecule has 0 fully saturated rings. The molecule has 24 heavy (non-hydrogen) atoms. The molecule has 4 heteroatoms. The molecule has 0 saturated heterocycles. The van der Waals surface area contributed by atoms with Gasteiger partial charge in [-0.3, -0.25) is 10.5 Å². The topological polar surface area (TPSA) is 52.3 Å². The van der Waals surface area contributed by atoms with Crippen LogP contribution >= 0.6 is 11.6 Å². The Balaban J connectivity index is 1.84. The normalized spacial score (nSPS) is 22.9. The summed E-state index contributed by atoms with van der Waals surface area (Å²) in [6, 6.07) is 18.7. The van der Waals surface area contributed by atoms with Crippen LogP contribution in [0.1, 0.15) is 15.9 Å². The highest BCUT2D eigenvalue weighted by Crippen LogP contribution is 2.31. The summed E-state index contributed by atoms with van der Waals surface area (Å²) >= 11 is 6.10. The van der Waals surface area contributed by atoms with Crippen LogP contribution in [0.5, 0.6) is 0 Å². The van der Waals surface area contributed by atoms with Gasteiger partial charge >= 0.3 is 0 Å². The smallest absolute Gasteiger partial charge is 0.174 e. The molecule has 2 atom stereocenters. The second-order valence-electron chi connectivity index (χ2n) is 5.72. The first-order chi connectivity index (χ1) is 11.6. The van der Waals surface area contributed by atoms with Crippen LogP contribution < -0.4 is 5.73 Å². The minimum atomic E-state index is -1.23. The third-order valence-corrected chi connectivity index (χ3v) is 4.24. The first-order valence-corrected chi connectivity index (χ1v) is 8.09. The van der Waals surface area contributed by atoms with Gasteiger partial charge in [-0.1, -0.05) is 78.3 Å².